The lowest BCUT2D eigenvalue weighted by Gasteiger charge is -2.15. The molecule has 0 N–H and O–H groups in total. The molecule has 96 valence electrons. The third kappa shape index (κ3) is 4.76. The van der Waals surface area contributed by atoms with E-state index in [0.717, 1.165) is 5.56 Å². The van der Waals surface area contributed by atoms with E-state index in [2.05, 4.69) is 43.6 Å². The molecule has 0 aliphatic heterocycles. The SMILES string of the molecule is CCOC(=O)CC#Cc1ccc([Si](C)(C)C)cc1. The first-order valence-electron chi connectivity index (χ1n) is 6.18. The van der Waals surface area contributed by atoms with Gasteiger partial charge in [-0.15, -0.1) is 0 Å². The van der Waals surface area contributed by atoms with Gasteiger partial charge < -0.3 is 4.74 Å². The zero-order chi connectivity index (χ0) is 13.6. The van der Waals surface area contributed by atoms with Crippen LogP contribution >= 0.6 is 0 Å². The van der Waals surface area contributed by atoms with Crippen LogP contribution in [-0.2, 0) is 9.53 Å². The minimum absolute atomic E-state index is 0.156. The number of ether oxygens (including phenoxy) is 1. The first-order chi connectivity index (χ1) is 8.43. The van der Waals surface area contributed by atoms with Crippen molar-refractivity contribution in [1.29, 1.82) is 0 Å². The van der Waals surface area contributed by atoms with Crippen molar-refractivity contribution in [2.75, 3.05) is 6.61 Å². The van der Waals surface area contributed by atoms with E-state index in [0.29, 0.717) is 6.61 Å². The molecule has 0 aliphatic carbocycles. The normalized spacial score (nSPS) is 10.4. The maximum absolute atomic E-state index is 11.1. The van der Waals surface area contributed by atoms with Gasteiger partial charge in [-0.05, 0) is 19.1 Å². The zero-order valence-electron chi connectivity index (χ0n) is 11.5. The molecule has 0 radical (unpaired) electrons. The van der Waals surface area contributed by atoms with Gasteiger partial charge in [-0.3, -0.25) is 4.79 Å². The first kappa shape index (κ1) is 14.5. The van der Waals surface area contributed by atoms with E-state index in [9.17, 15) is 4.79 Å². The lowest BCUT2D eigenvalue weighted by atomic mass is 10.2. The second-order valence-corrected chi connectivity index (χ2v) is 10.2. The van der Waals surface area contributed by atoms with Crippen LogP contribution in [-0.4, -0.2) is 20.7 Å². The van der Waals surface area contributed by atoms with Crippen molar-refractivity contribution in [3.63, 3.8) is 0 Å². The summed E-state index contributed by atoms with van der Waals surface area (Å²) in [5.74, 6) is 5.55. The van der Waals surface area contributed by atoms with Gasteiger partial charge in [0.2, 0.25) is 0 Å². The summed E-state index contributed by atoms with van der Waals surface area (Å²) in [6.45, 7) is 9.14. The average molecular weight is 260 g/mol. The molecule has 18 heavy (non-hydrogen) atoms. The second-order valence-electron chi connectivity index (χ2n) is 5.11. The van der Waals surface area contributed by atoms with E-state index in [1.54, 1.807) is 6.92 Å². The molecular formula is C15H20O2Si. The van der Waals surface area contributed by atoms with Crippen LogP contribution in [0.25, 0.3) is 0 Å². The van der Waals surface area contributed by atoms with Gasteiger partial charge >= 0.3 is 5.97 Å². The Morgan fingerprint density at radius 3 is 2.33 bits per heavy atom. The molecule has 0 amide bonds. The monoisotopic (exact) mass is 260 g/mol. The minimum atomic E-state index is -1.24. The number of benzene rings is 1. The summed E-state index contributed by atoms with van der Waals surface area (Å²) in [7, 11) is -1.24. The fraction of sp³-hybridized carbons (Fsp3) is 0.400. The highest BCUT2D eigenvalue weighted by Gasteiger charge is 2.15. The average Bonchev–Trinajstić information content (AvgIpc) is 2.29. The van der Waals surface area contributed by atoms with Crippen molar-refractivity contribution in [2.45, 2.75) is 33.0 Å². The second kappa shape index (κ2) is 6.41. The molecule has 0 fully saturated rings. The van der Waals surface area contributed by atoms with Gasteiger partial charge in [-0.2, -0.15) is 0 Å². The molecule has 0 saturated carbocycles. The maximum Gasteiger partial charge on any atom is 0.317 e. The van der Waals surface area contributed by atoms with Crippen molar-refractivity contribution >= 4 is 19.2 Å². The highest BCUT2D eigenvalue weighted by atomic mass is 28.3. The smallest absolute Gasteiger partial charge is 0.317 e. The Kier molecular flexibility index (Phi) is 5.18. The molecule has 0 unspecified atom stereocenters. The predicted octanol–water partition coefficient (Wildman–Crippen LogP) is 2.54. The van der Waals surface area contributed by atoms with Crippen LogP contribution in [0.5, 0.6) is 0 Å². The lowest BCUT2D eigenvalue weighted by molar-refractivity contribution is -0.141. The number of rotatable bonds is 3. The Labute approximate surface area is 110 Å². The fourth-order valence-corrected chi connectivity index (χ4v) is 2.65. The minimum Gasteiger partial charge on any atom is -0.465 e. The molecule has 0 heterocycles. The van der Waals surface area contributed by atoms with Gasteiger partial charge in [-0.25, -0.2) is 0 Å². The lowest BCUT2D eigenvalue weighted by Crippen LogP contribution is -2.37. The molecule has 0 bridgehead atoms. The van der Waals surface area contributed by atoms with Gasteiger partial charge in [0.05, 0.1) is 14.7 Å². The molecule has 3 heteroatoms. The van der Waals surface area contributed by atoms with Crippen molar-refractivity contribution in [3.05, 3.63) is 29.8 Å². The number of hydrogen-bond acceptors (Lipinski definition) is 2. The van der Waals surface area contributed by atoms with E-state index in [4.69, 9.17) is 4.74 Å². The molecule has 1 aromatic rings. The van der Waals surface area contributed by atoms with E-state index < -0.39 is 8.07 Å². The molecule has 0 saturated heterocycles. The van der Waals surface area contributed by atoms with Crippen LogP contribution in [0, 0.1) is 11.8 Å². The Balaban J connectivity index is 2.65. The van der Waals surface area contributed by atoms with E-state index in [1.165, 1.54) is 5.19 Å². The number of carbonyl (C=O) groups is 1. The van der Waals surface area contributed by atoms with Gasteiger partial charge in [0.15, 0.2) is 0 Å². The molecule has 1 aromatic carbocycles. The van der Waals surface area contributed by atoms with Crippen LogP contribution < -0.4 is 5.19 Å². The van der Waals surface area contributed by atoms with Crippen molar-refractivity contribution in [1.82, 2.24) is 0 Å². The summed E-state index contributed by atoms with van der Waals surface area (Å²) in [6.07, 6.45) is 0.156. The van der Waals surface area contributed by atoms with Gasteiger partial charge in [0.1, 0.15) is 6.42 Å². The van der Waals surface area contributed by atoms with Crippen molar-refractivity contribution in [2.24, 2.45) is 0 Å². The zero-order valence-corrected chi connectivity index (χ0v) is 12.5. The van der Waals surface area contributed by atoms with E-state index >= 15 is 0 Å². The van der Waals surface area contributed by atoms with Crippen molar-refractivity contribution < 1.29 is 9.53 Å². The number of carbonyl (C=O) groups excluding carboxylic acids is 1. The highest BCUT2D eigenvalue weighted by molar-refractivity contribution is 6.88. The molecule has 0 spiro atoms. The van der Waals surface area contributed by atoms with Crippen LogP contribution in [0.1, 0.15) is 18.9 Å². The fourth-order valence-electron chi connectivity index (χ4n) is 1.48. The Bertz CT molecular complexity index is 458. The number of esters is 1. The molecule has 0 atom stereocenters. The standard InChI is InChI=1S/C15H20O2Si/c1-5-17-15(16)8-6-7-13-9-11-14(12-10-13)18(2,3)4/h9-12H,5,8H2,1-4H3. The summed E-state index contributed by atoms with van der Waals surface area (Å²) < 4.78 is 4.81. The van der Waals surface area contributed by atoms with Gasteiger partial charge in [-0.1, -0.05) is 48.8 Å². The topological polar surface area (TPSA) is 26.3 Å². The molecule has 0 aliphatic rings. The molecule has 0 aromatic heterocycles. The Hall–Kier alpha value is -1.53. The van der Waals surface area contributed by atoms with E-state index in [-0.39, 0.29) is 12.4 Å². The Morgan fingerprint density at radius 2 is 1.83 bits per heavy atom. The van der Waals surface area contributed by atoms with Crippen LogP contribution in [0.4, 0.5) is 0 Å². The third-order valence-electron chi connectivity index (χ3n) is 2.52. The molecular weight excluding hydrogens is 240 g/mol. The van der Waals surface area contributed by atoms with Gasteiger partial charge in [0, 0.05) is 5.56 Å². The van der Waals surface area contributed by atoms with Gasteiger partial charge in [0.25, 0.3) is 0 Å². The summed E-state index contributed by atoms with van der Waals surface area (Å²) in [5, 5.41) is 1.42. The van der Waals surface area contributed by atoms with Crippen LogP contribution in [0.2, 0.25) is 19.6 Å². The van der Waals surface area contributed by atoms with Crippen LogP contribution in [0.3, 0.4) is 0 Å². The quantitative estimate of drug-likeness (QED) is 0.474. The molecule has 1 rings (SSSR count). The van der Waals surface area contributed by atoms with Crippen LogP contribution in [0.15, 0.2) is 24.3 Å². The molecule has 2 nitrogen and oxygen atoms in total. The summed E-state index contributed by atoms with van der Waals surface area (Å²) in [5.41, 5.74) is 0.946. The predicted molar refractivity (Wildman–Crippen MR) is 77.6 cm³/mol. The summed E-state index contributed by atoms with van der Waals surface area (Å²) in [4.78, 5) is 11.1. The largest absolute Gasteiger partial charge is 0.465 e. The maximum atomic E-state index is 11.1. The summed E-state index contributed by atoms with van der Waals surface area (Å²) in [6, 6.07) is 8.32. The third-order valence-corrected chi connectivity index (χ3v) is 4.59. The highest BCUT2D eigenvalue weighted by Crippen LogP contribution is 2.03. The Morgan fingerprint density at radius 1 is 1.22 bits per heavy atom. The van der Waals surface area contributed by atoms with E-state index in [1.807, 2.05) is 12.1 Å². The summed E-state index contributed by atoms with van der Waals surface area (Å²) >= 11 is 0. The number of hydrogen-bond donors (Lipinski definition) is 0. The van der Waals surface area contributed by atoms with Crippen molar-refractivity contribution in [3.8, 4) is 11.8 Å². The first-order valence-corrected chi connectivity index (χ1v) is 9.68.